The normalized spacial score (nSPS) is 14.8. The summed E-state index contributed by atoms with van der Waals surface area (Å²) in [5, 5.41) is 10.5. The van der Waals surface area contributed by atoms with Gasteiger partial charge in [-0.05, 0) is 5.92 Å². The minimum atomic E-state index is -0.0562. The molecule has 0 aliphatic carbocycles. The molecule has 2 N–H and O–H groups in total. The van der Waals surface area contributed by atoms with E-state index in [4.69, 9.17) is 0 Å². The van der Waals surface area contributed by atoms with E-state index in [-0.39, 0.29) is 5.91 Å². The second-order valence-corrected chi connectivity index (χ2v) is 4.93. The van der Waals surface area contributed by atoms with Crippen molar-refractivity contribution in [2.75, 3.05) is 13.1 Å². The number of carbonyl (C=O) groups excluding carboxylic acids is 1. The highest BCUT2D eigenvalue weighted by atomic mass is 16.1. The maximum absolute atomic E-state index is 12.0. The molecule has 0 atom stereocenters. The van der Waals surface area contributed by atoms with Crippen molar-refractivity contribution in [3.63, 3.8) is 0 Å². The fourth-order valence-corrected chi connectivity index (χ4v) is 2.08. The monoisotopic (exact) mass is 236 g/mol. The van der Waals surface area contributed by atoms with Crippen LogP contribution in [0.3, 0.4) is 0 Å². The highest BCUT2D eigenvalue weighted by Gasteiger charge is 2.23. The summed E-state index contributed by atoms with van der Waals surface area (Å²) in [4.78, 5) is 12.0. The Balaban J connectivity index is 2.18. The average Bonchev–Trinajstić information content (AvgIpc) is 2.65. The topological polar surface area (TPSA) is 59.0 Å². The van der Waals surface area contributed by atoms with Gasteiger partial charge in [0.2, 0.25) is 0 Å². The van der Waals surface area contributed by atoms with Crippen molar-refractivity contribution in [2.24, 2.45) is 13.0 Å². The summed E-state index contributed by atoms with van der Waals surface area (Å²) >= 11 is 0. The Bertz CT molecular complexity index is 422. The van der Waals surface area contributed by atoms with Gasteiger partial charge in [-0.25, -0.2) is 0 Å². The number of fused-ring (bicyclic) bond motifs is 1. The standard InChI is InChI=1S/C12H20N4O/c1-8(2)6-14-12(17)11-9-7-13-5-4-10(9)16(3)15-11/h8,13H,4-7H2,1-3H3,(H,14,17). The molecular formula is C12H20N4O. The second kappa shape index (κ2) is 4.87. The molecule has 2 rings (SSSR count). The molecule has 5 nitrogen and oxygen atoms in total. The van der Waals surface area contributed by atoms with Crippen LogP contribution in [0.15, 0.2) is 0 Å². The maximum Gasteiger partial charge on any atom is 0.272 e. The van der Waals surface area contributed by atoms with Crippen molar-refractivity contribution in [1.82, 2.24) is 20.4 Å². The zero-order chi connectivity index (χ0) is 12.4. The lowest BCUT2D eigenvalue weighted by Gasteiger charge is -2.14. The summed E-state index contributed by atoms with van der Waals surface area (Å²) in [7, 11) is 1.91. The summed E-state index contributed by atoms with van der Waals surface area (Å²) in [5.74, 6) is 0.399. The van der Waals surface area contributed by atoms with E-state index >= 15 is 0 Å². The molecule has 0 saturated heterocycles. The molecule has 0 saturated carbocycles. The van der Waals surface area contributed by atoms with Gasteiger partial charge in [-0.3, -0.25) is 9.48 Å². The molecule has 0 bridgehead atoms. The van der Waals surface area contributed by atoms with Crippen LogP contribution < -0.4 is 10.6 Å². The first-order valence-electron chi connectivity index (χ1n) is 6.13. The number of carbonyl (C=O) groups is 1. The van der Waals surface area contributed by atoms with Gasteiger partial charge in [0.25, 0.3) is 5.91 Å². The lowest BCUT2D eigenvalue weighted by Crippen LogP contribution is -2.30. The van der Waals surface area contributed by atoms with Crippen LogP contribution in [0.5, 0.6) is 0 Å². The molecule has 0 radical (unpaired) electrons. The molecule has 1 aliphatic heterocycles. The Morgan fingerprint density at radius 1 is 1.59 bits per heavy atom. The van der Waals surface area contributed by atoms with Gasteiger partial charge in [-0.15, -0.1) is 0 Å². The lowest BCUT2D eigenvalue weighted by atomic mass is 10.1. The molecule has 17 heavy (non-hydrogen) atoms. The Morgan fingerprint density at radius 2 is 2.35 bits per heavy atom. The highest BCUT2D eigenvalue weighted by molar-refractivity contribution is 5.94. The van der Waals surface area contributed by atoms with Gasteiger partial charge in [0, 0.05) is 44.4 Å². The van der Waals surface area contributed by atoms with Crippen LogP contribution in [0.1, 0.15) is 35.6 Å². The Hall–Kier alpha value is -1.36. The Kier molecular flexibility index (Phi) is 3.47. The summed E-state index contributed by atoms with van der Waals surface area (Å²) in [6.45, 7) is 6.55. The van der Waals surface area contributed by atoms with Crippen LogP contribution in [0, 0.1) is 5.92 Å². The van der Waals surface area contributed by atoms with E-state index < -0.39 is 0 Å². The average molecular weight is 236 g/mol. The van der Waals surface area contributed by atoms with Crippen LogP contribution in [-0.4, -0.2) is 28.8 Å². The number of hydrogen-bond acceptors (Lipinski definition) is 3. The summed E-state index contributed by atoms with van der Waals surface area (Å²) in [6.07, 6.45) is 0.941. The molecular weight excluding hydrogens is 216 g/mol. The summed E-state index contributed by atoms with van der Waals surface area (Å²) in [6, 6.07) is 0. The number of aryl methyl sites for hydroxylation is 1. The number of amides is 1. The lowest BCUT2D eigenvalue weighted by molar-refractivity contribution is 0.0942. The zero-order valence-corrected chi connectivity index (χ0v) is 10.7. The second-order valence-electron chi connectivity index (χ2n) is 4.93. The molecule has 0 aromatic carbocycles. The van der Waals surface area contributed by atoms with Gasteiger partial charge < -0.3 is 10.6 Å². The van der Waals surface area contributed by atoms with E-state index in [2.05, 4.69) is 29.6 Å². The maximum atomic E-state index is 12.0. The summed E-state index contributed by atoms with van der Waals surface area (Å²) in [5.41, 5.74) is 2.81. The molecule has 5 heteroatoms. The van der Waals surface area contributed by atoms with Gasteiger partial charge in [-0.1, -0.05) is 13.8 Å². The van der Waals surface area contributed by atoms with Crippen molar-refractivity contribution >= 4 is 5.91 Å². The molecule has 1 amide bonds. The third-order valence-electron chi connectivity index (χ3n) is 3.00. The van der Waals surface area contributed by atoms with Gasteiger partial charge in [0.15, 0.2) is 5.69 Å². The zero-order valence-electron chi connectivity index (χ0n) is 10.7. The minimum absolute atomic E-state index is 0.0562. The van der Waals surface area contributed by atoms with Crippen LogP contribution in [0.25, 0.3) is 0 Å². The minimum Gasteiger partial charge on any atom is -0.350 e. The smallest absolute Gasteiger partial charge is 0.272 e. The molecule has 0 unspecified atom stereocenters. The third-order valence-corrected chi connectivity index (χ3v) is 3.00. The predicted molar refractivity (Wildman–Crippen MR) is 65.8 cm³/mol. The van der Waals surface area contributed by atoms with Crippen molar-refractivity contribution in [3.05, 3.63) is 17.0 Å². The quantitative estimate of drug-likeness (QED) is 0.801. The first-order chi connectivity index (χ1) is 8.09. The predicted octanol–water partition coefficient (Wildman–Crippen LogP) is 0.452. The van der Waals surface area contributed by atoms with E-state index in [0.717, 1.165) is 25.1 Å². The van der Waals surface area contributed by atoms with E-state index in [1.165, 1.54) is 5.69 Å². The number of aromatic nitrogens is 2. The Morgan fingerprint density at radius 3 is 3.06 bits per heavy atom. The van der Waals surface area contributed by atoms with Gasteiger partial charge in [0.1, 0.15) is 0 Å². The van der Waals surface area contributed by atoms with Crippen LogP contribution >= 0.6 is 0 Å². The molecule has 0 fully saturated rings. The third kappa shape index (κ3) is 2.49. The Labute approximate surface area is 102 Å². The van der Waals surface area contributed by atoms with Crippen molar-refractivity contribution in [1.29, 1.82) is 0 Å². The van der Waals surface area contributed by atoms with E-state index in [9.17, 15) is 4.79 Å². The fourth-order valence-electron chi connectivity index (χ4n) is 2.08. The first kappa shape index (κ1) is 12.1. The number of rotatable bonds is 3. The largest absolute Gasteiger partial charge is 0.350 e. The van der Waals surface area contributed by atoms with Gasteiger partial charge in [-0.2, -0.15) is 5.10 Å². The van der Waals surface area contributed by atoms with E-state index in [1.54, 1.807) is 0 Å². The SMILES string of the molecule is CC(C)CNC(=O)c1nn(C)c2c1CNCC2. The number of hydrogen-bond donors (Lipinski definition) is 2. The molecule has 1 aromatic heterocycles. The fraction of sp³-hybridized carbons (Fsp3) is 0.667. The highest BCUT2D eigenvalue weighted by Crippen LogP contribution is 2.17. The van der Waals surface area contributed by atoms with Crippen LogP contribution in [-0.2, 0) is 20.0 Å². The number of nitrogens with one attached hydrogen (secondary N) is 2. The molecule has 2 heterocycles. The van der Waals surface area contributed by atoms with E-state index in [1.807, 2.05) is 11.7 Å². The van der Waals surface area contributed by atoms with Crippen LogP contribution in [0.4, 0.5) is 0 Å². The van der Waals surface area contributed by atoms with Crippen molar-refractivity contribution < 1.29 is 4.79 Å². The van der Waals surface area contributed by atoms with E-state index in [0.29, 0.717) is 18.2 Å². The number of nitrogens with zero attached hydrogens (tertiary/aromatic N) is 2. The molecule has 0 spiro atoms. The van der Waals surface area contributed by atoms with Crippen LogP contribution in [0.2, 0.25) is 0 Å². The first-order valence-corrected chi connectivity index (χ1v) is 6.13. The van der Waals surface area contributed by atoms with Crippen molar-refractivity contribution in [3.8, 4) is 0 Å². The van der Waals surface area contributed by atoms with Gasteiger partial charge >= 0.3 is 0 Å². The molecule has 94 valence electrons. The molecule has 1 aliphatic rings. The van der Waals surface area contributed by atoms with Crippen molar-refractivity contribution in [2.45, 2.75) is 26.8 Å². The summed E-state index contributed by atoms with van der Waals surface area (Å²) < 4.78 is 1.83. The molecule has 1 aromatic rings. The van der Waals surface area contributed by atoms with Gasteiger partial charge in [0.05, 0.1) is 0 Å².